The summed E-state index contributed by atoms with van der Waals surface area (Å²) in [6.07, 6.45) is 4.09. The van der Waals surface area contributed by atoms with Crippen LogP contribution in [0.3, 0.4) is 0 Å². The average molecular weight is 314 g/mol. The first-order chi connectivity index (χ1) is 10.1. The predicted molar refractivity (Wildman–Crippen MR) is 87.1 cm³/mol. The number of hydrazine groups is 1. The van der Waals surface area contributed by atoms with Crippen LogP contribution in [0.5, 0.6) is 0 Å². The van der Waals surface area contributed by atoms with Gasteiger partial charge in [-0.1, -0.05) is 6.92 Å². The molecule has 0 bridgehead atoms. The van der Waals surface area contributed by atoms with Crippen LogP contribution >= 0.6 is 11.8 Å². The summed E-state index contributed by atoms with van der Waals surface area (Å²) in [5.74, 6) is 10.0. The van der Waals surface area contributed by atoms with Gasteiger partial charge in [0.15, 0.2) is 0 Å². The van der Waals surface area contributed by atoms with E-state index >= 15 is 0 Å². The quantitative estimate of drug-likeness (QED) is 0.618. The lowest BCUT2D eigenvalue weighted by Gasteiger charge is -2.43. The maximum absolute atomic E-state index is 6.17. The van der Waals surface area contributed by atoms with Crippen LogP contribution in [0.15, 0.2) is 0 Å². The van der Waals surface area contributed by atoms with Gasteiger partial charge in [-0.2, -0.15) is 11.8 Å². The van der Waals surface area contributed by atoms with E-state index in [1.807, 2.05) is 11.8 Å². The summed E-state index contributed by atoms with van der Waals surface area (Å²) in [7, 11) is 0. The van der Waals surface area contributed by atoms with Crippen molar-refractivity contribution in [1.82, 2.24) is 5.43 Å². The molecule has 122 valence electrons. The highest BCUT2D eigenvalue weighted by Gasteiger charge is 2.48. The Labute approximate surface area is 132 Å². The number of thioether (sulfide) groups is 1. The van der Waals surface area contributed by atoms with Gasteiger partial charge in [-0.25, -0.2) is 0 Å². The molecule has 0 amide bonds. The molecule has 0 aromatic carbocycles. The van der Waals surface area contributed by atoms with Crippen LogP contribution in [0.1, 0.15) is 40.0 Å². The molecule has 3 rings (SSSR count). The Hall–Kier alpha value is 0.190. The van der Waals surface area contributed by atoms with Crippen LogP contribution in [0.2, 0.25) is 0 Å². The molecule has 4 nitrogen and oxygen atoms in total. The van der Waals surface area contributed by atoms with Crippen molar-refractivity contribution < 1.29 is 9.47 Å². The van der Waals surface area contributed by atoms with Gasteiger partial charge in [0.2, 0.25) is 0 Å². The smallest absolute Gasteiger partial charge is 0.0783 e. The first-order valence-electron chi connectivity index (χ1n) is 8.39. The number of nitrogens with two attached hydrogens (primary N) is 1. The van der Waals surface area contributed by atoms with E-state index in [2.05, 4.69) is 26.2 Å². The zero-order chi connectivity index (χ0) is 15.0. The fraction of sp³-hybridized carbons (Fsp3) is 1.00. The van der Waals surface area contributed by atoms with Crippen LogP contribution in [-0.4, -0.2) is 42.0 Å². The van der Waals surface area contributed by atoms with E-state index in [0.717, 1.165) is 25.2 Å². The molecule has 1 spiro atoms. The lowest BCUT2D eigenvalue weighted by molar-refractivity contribution is -0.0908. The summed E-state index contributed by atoms with van der Waals surface area (Å²) in [5.41, 5.74) is 3.28. The Bertz CT molecular complexity index is 362. The highest BCUT2D eigenvalue weighted by molar-refractivity contribution is 7.99. The van der Waals surface area contributed by atoms with E-state index in [9.17, 15) is 0 Å². The number of rotatable bonds is 3. The Morgan fingerprint density at radius 2 is 2.10 bits per heavy atom. The Morgan fingerprint density at radius 3 is 2.67 bits per heavy atom. The molecule has 0 aromatic heterocycles. The summed E-state index contributed by atoms with van der Waals surface area (Å²) in [6.45, 7) is 7.59. The zero-order valence-electron chi connectivity index (χ0n) is 13.5. The van der Waals surface area contributed by atoms with Gasteiger partial charge in [-0.05, 0) is 50.7 Å². The van der Waals surface area contributed by atoms with E-state index in [4.69, 9.17) is 15.3 Å². The van der Waals surface area contributed by atoms with Gasteiger partial charge in [0.25, 0.3) is 0 Å². The maximum Gasteiger partial charge on any atom is 0.0783 e. The van der Waals surface area contributed by atoms with Crippen molar-refractivity contribution in [2.45, 2.75) is 63.9 Å². The highest BCUT2D eigenvalue weighted by Crippen LogP contribution is 2.45. The van der Waals surface area contributed by atoms with E-state index in [-0.39, 0.29) is 11.7 Å². The van der Waals surface area contributed by atoms with Gasteiger partial charge in [0.05, 0.1) is 17.8 Å². The molecule has 3 heterocycles. The third-order valence-electron chi connectivity index (χ3n) is 6.03. The van der Waals surface area contributed by atoms with Gasteiger partial charge >= 0.3 is 0 Å². The van der Waals surface area contributed by atoms with Crippen molar-refractivity contribution in [2.24, 2.45) is 23.6 Å². The van der Waals surface area contributed by atoms with Crippen LogP contribution < -0.4 is 11.3 Å². The van der Waals surface area contributed by atoms with Gasteiger partial charge in [-0.3, -0.25) is 11.3 Å². The Kier molecular flexibility index (Phi) is 4.86. The van der Waals surface area contributed by atoms with Crippen molar-refractivity contribution in [3.8, 4) is 0 Å². The molecule has 0 radical (unpaired) electrons. The van der Waals surface area contributed by atoms with Gasteiger partial charge < -0.3 is 9.47 Å². The Balaban J connectivity index is 1.73. The van der Waals surface area contributed by atoms with Crippen molar-refractivity contribution in [2.75, 3.05) is 18.1 Å². The van der Waals surface area contributed by atoms with Gasteiger partial charge in [0, 0.05) is 24.3 Å². The fourth-order valence-corrected chi connectivity index (χ4v) is 6.09. The number of hydrogen-bond donors (Lipinski definition) is 2. The molecule has 0 aromatic rings. The normalized spacial score (nSPS) is 48.9. The van der Waals surface area contributed by atoms with E-state index in [0.29, 0.717) is 29.9 Å². The van der Waals surface area contributed by atoms with E-state index in [1.165, 1.54) is 12.2 Å². The molecule has 21 heavy (non-hydrogen) atoms. The second-order valence-electron chi connectivity index (χ2n) is 7.26. The van der Waals surface area contributed by atoms with Crippen molar-refractivity contribution in [3.05, 3.63) is 0 Å². The fourth-order valence-electron chi connectivity index (χ4n) is 4.71. The lowest BCUT2D eigenvalue weighted by Crippen LogP contribution is -2.54. The van der Waals surface area contributed by atoms with Crippen molar-refractivity contribution in [3.63, 3.8) is 0 Å². The first kappa shape index (κ1) is 16.1. The van der Waals surface area contributed by atoms with E-state index in [1.54, 1.807) is 0 Å². The molecule has 0 aliphatic carbocycles. The van der Waals surface area contributed by atoms with Crippen molar-refractivity contribution in [1.29, 1.82) is 0 Å². The summed E-state index contributed by atoms with van der Waals surface area (Å²) < 4.78 is 12.2. The molecule has 0 saturated carbocycles. The van der Waals surface area contributed by atoms with Crippen molar-refractivity contribution >= 4 is 11.8 Å². The molecule has 3 aliphatic heterocycles. The molecule has 3 N–H and O–H groups in total. The zero-order valence-corrected chi connectivity index (χ0v) is 14.3. The van der Waals surface area contributed by atoms with E-state index < -0.39 is 0 Å². The third kappa shape index (κ3) is 3.00. The topological polar surface area (TPSA) is 56.5 Å². The van der Waals surface area contributed by atoms with Gasteiger partial charge in [-0.15, -0.1) is 0 Å². The maximum atomic E-state index is 6.17. The first-order valence-corrected chi connectivity index (χ1v) is 9.55. The minimum Gasteiger partial charge on any atom is -0.375 e. The largest absolute Gasteiger partial charge is 0.375 e. The summed E-state index contributed by atoms with van der Waals surface area (Å²) >= 11 is 2.03. The number of nitrogens with one attached hydrogen (secondary N) is 1. The summed E-state index contributed by atoms with van der Waals surface area (Å²) in [6, 6.07) is 0.339. The SMILES string of the molecule is CC1OC(C)C(C(NN)C2CCOC3(CCSC3)C2)C1C. The Morgan fingerprint density at radius 1 is 1.29 bits per heavy atom. The van der Waals surface area contributed by atoms with Crippen LogP contribution in [0.25, 0.3) is 0 Å². The monoisotopic (exact) mass is 314 g/mol. The molecule has 7 atom stereocenters. The predicted octanol–water partition coefficient (Wildman–Crippen LogP) is 2.18. The number of ether oxygens (including phenoxy) is 2. The molecule has 3 fully saturated rings. The number of hydrogen-bond acceptors (Lipinski definition) is 5. The van der Waals surface area contributed by atoms with Crippen LogP contribution in [-0.2, 0) is 9.47 Å². The minimum absolute atomic E-state index is 0.125. The average Bonchev–Trinajstić information content (AvgIpc) is 3.00. The molecule has 3 aliphatic rings. The molecule has 5 heteroatoms. The summed E-state index contributed by atoms with van der Waals surface area (Å²) in [5, 5.41) is 0. The molecular weight excluding hydrogens is 284 g/mol. The molecule has 3 saturated heterocycles. The van der Waals surface area contributed by atoms with Crippen LogP contribution in [0.4, 0.5) is 0 Å². The lowest BCUT2D eigenvalue weighted by atomic mass is 9.72. The standard InChI is InChI=1S/C16H30N2O2S/c1-10-11(2)20-12(3)14(10)15(18-17)13-4-6-19-16(8-13)5-7-21-9-16/h10-15,18H,4-9,17H2,1-3H3. The second kappa shape index (κ2) is 6.36. The molecule has 7 unspecified atom stereocenters. The van der Waals surface area contributed by atoms with Gasteiger partial charge in [0.1, 0.15) is 0 Å². The third-order valence-corrected chi connectivity index (χ3v) is 7.26. The molecular formula is C16H30N2O2S. The second-order valence-corrected chi connectivity index (χ2v) is 8.37. The minimum atomic E-state index is 0.125. The highest BCUT2D eigenvalue weighted by atomic mass is 32.2. The van der Waals surface area contributed by atoms with Crippen LogP contribution in [0, 0.1) is 17.8 Å². The summed E-state index contributed by atoms with van der Waals surface area (Å²) in [4.78, 5) is 0.